The summed E-state index contributed by atoms with van der Waals surface area (Å²) in [6.45, 7) is 4.49. The lowest BCUT2D eigenvalue weighted by molar-refractivity contribution is -0.142. The molecule has 2 heteroatoms. The van der Waals surface area contributed by atoms with Gasteiger partial charge in [0.05, 0.1) is 7.11 Å². The van der Waals surface area contributed by atoms with Crippen molar-refractivity contribution in [2.75, 3.05) is 7.11 Å². The van der Waals surface area contributed by atoms with E-state index in [0.717, 1.165) is 5.92 Å². The van der Waals surface area contributed by atoms with Gasteiger partial charge in [-0.15, -0.1) is 0 Å². The van der Waals surface area contributed by atoms with Crippen molar-refractivity contribution in [2.24, 2.45) is 17.8 Å². The number of hydrogen-bond donors (Lipinski definition) is 0. The second-order valence-corrected chi connectivity index (χ2v) is 4.09. The van der Waals surface area contributed by atoms with Crippen molar-refractivity contribution >= 4 is 5.97 Å². The molecule has 0 heterocycles. The quantitative estimate of drug-likeness (QED) is 0.594. The average Bonchev–Trinajstić information content (AvgIpc) is 2.30. The fraction of sp³-hybridized carbons (Fsp3) is 0.900. The molecule has 0 bridgehead atoms. The first-order chi connectivity index (χ1) is 5.63. The molecule has 0 aliphatic heterocycles. The van der Waals surface area contributed by atoms with Crippen LogP contribution in [0.4, 0.5) is 0 Å². The van der Waals surface area contributed by atoms with Crippen molar-refractivity contribution in [2.45, 2.75) is 33.1 Å². The lowest BCUT2D eigenvalue weighted by Crippen LogP contribution is -2.11. The van der Waals surface area contributed by atoms with Gasteiger partial charge >= 0.3 is 5.97 Å². The molecule has 0 saturated heterocycles. The normalized spacial score (nSPS) is 35.1. The molecule has 70 valence electrons. The minimum Gasteiger partial charge on any atom is -0.469 e. The van der Waals surface area contributed by atoms with Gasteiger partial charge in [0, 0.05) is 6.42 Å². The summed E-state index contributed by atoms with van der Waals surface area (Å²) in [6, 6.07) is 0. The van der Waals surface area contributed by atoms with Gasteiger partial charge in [0.1, 0.15) is 0 Å². The van der Waals surface area contributed by atoms with Crippen molar-refractivity contribution in [1.29, 1.82) is 0 Å². The molecule has 12 heavy (non-hydrogen) atoms. The van der Waals surface area contributed by atoms with Crippen LogP contribution in [-0.4, -0.2) is 13.1 Å². The highest BCUT2D eigenvalue weighted by molar-refractivity contribution is 5.69. The second kappa shape index (κ2) is 3.92. The Labute approximate surface area is 74.3 Å². The Balaban J connectivity index is 2.37. The number of rotatable bonds is 2. The van der Waals surface area contributed by atoms with E-state index in [-0.39, 0.29) is 5.97 Å². The van der Waals surface area contributed by atoms with Crippen molar-refractivity contribution in [3.8, 4) is 0 Å². The van der Waals surface area contributed by atoms with E-state index in [0.29, 0.717) is 18.3 Å². The van der Waals surface area contributed by atoms with Crippen molar-refractivity contribution in [3.63, 3.8) is 0 Å². The van der Waals surface area contributed by atoms with Crippen LogP contribution in [0.1, 0.15) is 33.1 Å². The second-order valence-electron chi connectivity index (χ2n) is 4.09. The molecule has 1 saturated carbocycles. The van der Waals surface area contributed by atoms with E-state index in [2.05, 4.69) is 18.6 Å². The zero-order valence-electron chi connectivity index (χ0n) is 8.17. The molecular weight excluding hydrogens is 152 g/mol. The highest BCUT2D eigenvalue weighted by Crippen LogP contribution is 2.37. The Hall–Kier alpha value is -0.530. The first-order valence-corrected chi connectivity index (χ1v) is 4.70. The number of methoxy groups -OCH3 is 1. The highest BCUT2D eigenvalue weighted by atomic mass is 16.5. The molecule has 1 rings (SSSR count). The molecule has 0 aromatic carbocycles. The molecule has 0 aromatic heterocycles. The molecule has 0 spiro atoms. The predicted molar refractivity (Wildman–Crippen MR) is 47.7 cm³/mol. The third-order valence-electron chi connectivity index (χ3n) is 2.94. The molecule has 1 aliphatic rings. The van der Waals surface area contributed by atoms with Gasteiger partial charge < -0.3 is 4.74 Å². The Morgan fingerprint density at radius 1 is 1.42 bits per heavy atom. The van der Waals surface area contributed by atoms with Gasteiger partial charge in [0.2, 0.25) is 0 Å². The molecular formula is C10H18O2. The van der Waals surface area contributed by atoms with Crippen LogP contribution in [0.5, 0.6) is 0 Å². The maximum absolute atomic E-state index is 11.0. The van der Waals surface area contributed by atoms with E-state index in [1.54, 1.807) is 0 Å². The summed E-state index contributed by atoms with van der Waals surface area (Å²) in [5, 5.41) is 0. The van der Waals surface area contributed by atoms with Gasteiger partial charge in [-0.25, -0.2) is 0 Å². The van der Waals surface area contributed by atoms with E-state index in [9.17, 15) is 4.79 Å². The standard InChI is InChI=1S/C10H18O2/c1-7-4-8(2)9(5-7)6-10(11)12-3/h7-9H,4-6H2,1-3H3. The summed E-state index contributed by atoms with van der Waals surface area (Å²) >= 11 is 0. The van der Waals surface area contributed by atoms with Crippen LogP contribution in [0, 0.1) is 17.8 Å². The van der Waals surface area contributed by atoms with Crippen molar-refractivity contribution in [1.82, 2.24) is 0 Å². The predicted octanol–water partition coefficient (Wildman–Crippen LogP) is 2.23. The molecule has 0 aromatic rings. The summed E-state index contributed by atoms with van der Waals surface area (Å²) < 4.78 is 4.66. The summed E-state index contributed by atoms with van der Waals surface area (Å²) in [5.41, 5.74) is 0. The number of hydrogen-bond acceptors (Lipinski definition) is 2. The first kappa shape index (κ1) is 9.56. The van der Waals surface area contributed by atoms with Gasteiger partial charge in [0.15, 0.2) is 0 Å². The first-order valence-electron chi connectivity index (χ1n) is 4.70. The molecule has 1 aliphatic carbocycles. The van der Waals surface area contributed by atoms with Crippen molar-refractivity contribution in [3.05, 3.63) is 0 Å². The van der Waals surface area contributed by atoms with Gasteiger partial charge in [0.25, 0.3) is 0 Å². The number of esters is 1. The van der Waals surface area contributed by atoms with Crippen molar-refractivity contribution < 1.29 is 9.53 Å². The van der Waals surface area contributed by atoms with E-state index in [1.165, 1.54) is 20.0 Å². The number of carbonyl (C=O) groups is 1. The van der Waals surface area contributed by atoms with Crippen LogP contribution >= 0.6 is 0 Å². The number of ether oxygens (including phenoxy) is 1. The third-order valence-corrected chi connectivity index (χ3v) is 2.94. The highest BCUT2D eigenvalue weighted by Gasteiger charge is 2.30. The maximum atomic E-state index is 11.0. The van der Waals surface area contributed by atoms with Crippen LogP contribution in [0.15, 0.2) is 0 Å². The van der Waals surface area contributed by atoms with Crippen LogP contribution in [0.25, 0.3) is 0 Å². The van der Waals surface area contributed by atoms with Gasteiger partial charge in [-0.1, -0.05) is 13.8 Å². The fourth-order valence-corrected chi connectivity index (χ4v) is 2.25. The zero-order valence-corrected chi connectivity index (χ0v) is 8.17. The molecule has 3 unspecified atom stereocenters. The molecule has 0 amide bonds. The van der Waals surface area contributed by atoms with E-state index in [4.69, 9.17) is 0 Å². The van der Waals surface area contributed by atoms with E-state index in [1.807, 2.05) is 0 Å². The van der Waals surface area contributed by atoms with Crippen LogP contribution in [0.3, 0.4) is 0 Å². The fourth-order valence-electron chi connectivity index (χ4n) is 2.25. The summed E-state index contributed by atoms with van der Waals surface area (Å²) in [7, 11) is 1.46. The van der Waals surface area contributed by atoms with Crippen LogP contribution in [0.2, 0.25) is 0 Å². The van der Waals surface area contributed by atoms with Crippen LogP contribution in [-0.2, 0) is 9.53 Å². The SMILES string of the molecule is COC(=O)CC1CC(C)CC1C. The van der Waals surface area contributed by atoms with Crippen LogP contribution < -0.4 is 0 Å². The Bertz CT molecular complexity index is 165. The largest absolute Gasteiger partial charge is 0.469 e. The molecule has 1 fully saturated rings. The summed E-state index contributed by atoms with van der Waals surface area (Å²) in [5.74, 6) is 1.99. The summed E-state index contributed by atoms with van der Waals surface area (Å²) in [4.78, 5) is 11.0. The van der Waals surface area contributed by atoms with Gasteiger partial charge in [-0.05, 0) is 30.6 Å². The zero-order chi connectivity index (χ0) is 9.14. The summed E-state index contributed by atoms with van der Waals surface area (Å²) in [6.07, 6.45) is 3.07. The minimum atomic E-state index is -0.0547. The average molecular weight is 170 g/mol. The Morgan fingerprint density at radius 3 is 2.50 bits per heavy atom. The third kappa shape index (κ3) is 2.23. The monoisotopic (exact) mass is 170 g/mol. The molecule has 3 atom stereocenters. The number of carbonyl (C=O) groups excluding carboxylic acids is 1. The van der Waals surface area contributed by atoms with E-state index >= 15 is 0 Å². The smallest absolute Gasteiger partial charge is 0.305 e. The Kier molecular flexibility index (Phi) is 3.12. The minimum absolute atomic E-state index is 0.0547. The van der Waals surface area contributed by atoms with Gasteiger partial charge in [-0.3, -0.25) is 4.79 Å². The van der Waals surface area contributed by atoms with E-state index < -0.39 is 0 Å². The lowest BCUT2D eigenvalue weighted by atomic mass is 9.95. The lowest BCUT2D eigenvalue weighted by Gasteiger charge is -2.12. The van der Waals surface area contributed by atoms with Gasteiger partial charge in [-0.2, -0.15) is 0 Å². The molecule has 0 N–H and O–H groups in total. The molecule has 0 radical (unpaired) electrons. The topological polar surface area (TPSA) is 26.3 Å². The molecule has 2 nitrogen and oxygen atoms in total. The Morgan fingerprint density at radius 2 is 2.08 bits per heavy atom. The maximum Gasteiger partial charge on any atom is 0.305 e.